The van der Waals surface area contributed by atoms with Crippen LogP contribution in [0.3, 0.4) is 0 Å². The first-order valence-corrected chi connectivity index (χ1v) is 7.89. The van der Waals surface area contributed by atoms with E-state index in [0.717, 1.165) is 5.56 Å². The Labute approximate surface area is 140 Å². The van der Waals surface area contributed by atoms with Gasteiger partial charge in [0.05, 0.1) is 5.69 Å². The molecule has 2 atom stereocenters. The summed E-state index contributed by atoms with van der Waals surface area (Å²) in [5.74, 6) is -1.60. The lowest BCUT2D eigenvalue weighted by Gasteiger charge is -2.30. The molecule has 7 nitrogen and oxygen atoms in total. The summed E-state index contributed by atoms with van der Waals surface area (Å²) < 4.78 is 5.36. The van der Waals surface area contributed by atoms with Gasteiger partial charge < -0.3 is 15.2 Å². The van der Waals surface area contributed by atoms with E-state index in [1.165, 1.54) is 4.90 Å². The maximum absolute atomic E-state index is 12.3. The Hall–Kier alpha value is -2.57. The summed E-state index contributed by atoms with van der Waals surface area (Å²) in [5, 5.41) is 11.8. The van der Waals surface area contributed by atoms with Crippen molar-refractivity contribution in [3.8, 4) is 5.75 Å². The number of benzene rings is 1. The molecular weight excluding hydrogens is 312 g/mol. The molecule has 1 aliphatic rings. The van der Waals surface area contributed by atoms with Gasteiger partial charge in [0.2, 0.25) is 5.91 Å². The van der Waals surface area contributed by atoms with Gasteiger partial charge in [-0.2, -0.15) is 0 Å². The molecule has 130 valence electrons. The second-order valence-corrected chi connectivity index (χ2v) is 6.01. The predicted molar refractivity (Wildman–Crippen MR) is 88.0 cm³/mol. The molecular formula is C17H22N2O5. The molecule has 2 amide bonds. The molecule has 0 spiro atoms. The second-order valence-electron chi connectivity index (χ2n) is 6.01. The molecule has 0 saturated heterocycles. The third kappa shape index (κ3) is 3.84. The molecule has 1 aliphatic heterocycles. The zero-order valence-electron chi connectivity index (χ0n) is 14.0. The SMILES string of the molecule is CCC(C)C(NC(=O)CN1C(=O)COc2ccc(C)cc21)C(=O)O. The highest BCUT2D eigenvalue weighted by Crippen LogP contribution is 2.32. The number of carboxylic acid groups (broad SMARTS) is 1. The van der Waals surface area contributed by atoms with Crippen LogP contribution < -0.4 is 15.0 Å². The maximum Gasteiger partial charge on any atom is 0.326 e. The molecule has 0 aliphatic carbocycles. The van der Waals surface area contributed by atoms with Crippen LogP contribution in [-0.2, 0) is 14.4 Å². The van der Waals surface area contributed by atoms with Gasteiger partial charge in [-0.15, -0.1) is 0 Å². The highest BCUT2D eigenvalue weighted by Gasteiger charge is 2.30. The molecule has 0 fully saturated rings. The standard InChI is InChI=1S/C17H22N2O5/c1-4-11(3)16(17(22)23)18-14(20)8-19-12-7-10(2)5-6-13(12)24-9-15(19)21/h5-7,11,16H,4,8-9H2,1-3H3,(H,18,20)(H,22,23). The Kier molecular flexibility index (Phi) is 5.43. The van der Waals surface area contributed by atoms with Crippen molar-refractivity contribution in [1.82, 2.24) is 5.32 Å². The second kappa shape index (κ2) is 7.33. The average Bonchev–Trinajstić information content (AvgIpc) is 2.54. The Morgan fingerprint density at radius 1 is 1.42 bits per heavy atom. The number of aryl methyl sites for hydroxylation is 1. The fourth-order valence-corrected chi connectivity index (χ4v) is 2.53. The molecule has 1 aromatic rings. The Bertz CT molecular complexity index is 658. The molecule has 2 N–H and O–H groups in total. The fourth-order valence-electron chi connectivity index (χ4n) is 2.53. The van der Waals surface area contributed by atoms with Gasteiger partial charge in [0, 0.05) is 0 Å². The van der Waals surface area contributed by atoms with E-state index in [9.17, 15) is 19.5 Å². The smallest absolute Gasteiger partial charge is 0.326 e. The lowest BCUT2D eigenvalue weighted by molar-refractivity contribution is -0.143. The summed E-state index contributed by atoms with van der Waals surface area (Å²) in [5.41, 5.74) is 1.46. The molecule has 2 unspecified atom stereocenters. The number of fused-ring (bicyclic) bond motifs is 1. The van der Waals surface area contributed by atoms with E-state index in [1.807, 2.05) is 19.9 Å². The summed E-state index contributed by atoms with van der Waals surface area (Å²) in [6, 6.07) is 4.40. The molecule has 2 rings (SSSR count). The zero-order chi connectivity index (χ0) is 17.9. The number of anilines is 1. The minimum absolute atomic E-state index is 0.142. The molecule has 0 aromatic heterocycles. The number of nitrogens with one attached hydrogen (secondary N) is 1. The summed E-state index contributed by atoms with van der Waals surface area (Å²) >= 11 is 0. The van der Waals surface area contributed by atoms with Gasteiger partial charge in [0.1, 0.15) is 18.3 Å². The van der Waals surface area contributed by atoms with Crippen molar-refractivity contribution in [2.45, 2.75) is 33.2 Å². The quantitative estimate of drug-likeness (QED) is 0.818. The van der Waals surface area contributed by atoms with Gasteiger partial charge in [0.15, 0.2) is 6.61 Å². The molecule has 24 heavy (non-hydrogen) atoms. The van der Waals surface area contributed by atoms with Gasteiger partial charge in [-0.05, 0) is 30.5 Å². The first-order valence-electron chi connectivity index (χ1n) is 7.89. The largest absolute Gasteiger partial charge is 0.482 e. The van der Waals surface area contributed by atoms with Crippen molar-refractivity contribution in [2.24, 2.45) is 5.92 Å². The molecule has 0 radical (unpaired) electrons. The summed E-state index contributed by atoms with van der Waals surface area (Å²) in [6.07, 6.45) is 0.621. The van der Waals surface area contributed by atoms with Crippen LogP contribution in [0, 0.1) is 12.8 Å². The van der Waals surface area contributed by atoms with Crippen LogP contribution in [-0.4, -0.2) is 42.1 Å². The third-order valence-corrected chi connectivity index (χ3v) is 4.15. The topological polar surface area (TPSA) is 95.9 Å². The van der Waals surface area contributed by atoms with E-state index in [4.69, 9.17) is 4.74 Å². The van der Waals surface area contributed by atoms with Crippen molar-refractivity contribution < 1.29 is 24.2 Å². The summed E-state index contributed by atoms with van der Waals surface area (Å²) in [7, 11) is 0. The number of rotatable bonds is 6. The van der Waals surface area contributed by atoms with E-state index >= 15 is 0 Å². The van der Waals surface area contributed by atoms with E-state index in [0.29, 0.717) is 17.9 Å². The number of ether oxygens (including phenoxy) is 1. The number of aliphatic carboxylic acids is 1. The number of carbonyl (C=O) groups excluding carboxylic acids is 2. The fraction of sp³-hybridized carbons (Fsp3) is 0.471. The lowest BCUT2D eigenvalue weighted by atomic mass is 9.99. The van der Waals surface area contributed by atoms with Crippen LogP contribution >= 0.6 is 0 Å². The van der Waals surface area contributed by atoms with Gasteiger partial charge in [0.25, 0.3) is 5.91 Å². The first-order chi connectivity index (χ1) is 11.3. The van der Waals surface area contributed by atoms with E-state index in [-0.39, 0.29) is 25.0 Å². The normalized spacial score (nSPS) is 16.0. The Morgan fingerprint density at radius 3 is 2.75 bits per heavy atom. The van der Waals surface area contributed by atoms with E-state index in [1.54, 1.807) is 19.1 Å². The van der Waals surface area contributed by atoms with E-state index < -0.39 is 17.9 Å². The van der Waals surface area contributed by atoms with Crippen LogP contribution in [0.2, 0.25) is 0 Å². The summed E-state index contributed by atoms with van der Waals surface area (Å²) in [6.45, 7) is 5.12. The van der Waals surface area contributed by atoms with Crippen LogP contribution in [0.25, 0.3) is 0 Å². The van der Waals surface area contributed by atoms with Crippen molar-refractivity contribution in [3.63, 3.8) is 0 Å². The molecule has 0 bridgehead atoms. The lowest BCUT2D eigenvalue weighted by Crippen LogP contribution is -2.51. The van der Waals surface area contributed by atoms with Crippen molar-refractivity contribution in [3.05, 3.63) is 23.8 Å². The Balaban J connectivity index is 2.15. The van der Waals surface area contributed by atoms with Crippen LogP contribution in [0.1, 0.15) is 25.8 Å². The number of carboxylic acids is 1. The average molecular weight is 334 g/mol. The molecule has 1 heterocycles. The minimum atomic E-state index is -1.08. The number of hydrogen-bond acceptors (Lipinski definition) is 4. The zero-order valence-corrected chi connectivity index (χ0v) is 14.0. The predicted octanol–water partition coefficient (Wildman–Crippen LogP) is 1.34. The van der Waals surface area contributed by atoms with Crippen LogP contribution in [0.15, 0.2) is 18.2 Å². The van der Waals surface area contributed by atoms with Crippen molar-refractivity contribution >= 4 is 23.5 Å². The van der Waals surface area contributed by atoms with Crippen LogP contribution in [0.5, 0.6) is 5.75 Å². The molecule has 1 aromatic carbocycles. The number of nitrogens with zero attached hydrogens (tertiary/aromatic N) is 1. The van der Waals surface area contributed by atoms with Gasteiger partial charge >= 0.3 is 5.97 Å². The number of hydrogen-bond donors (Lipinski definition) is 2. The van der Waals surface area contributed by atoms with Crippen LogP contribution in [0.4, 0.5) is 5.69 Å². The van der Waals surface area contributed by atoms with E-state index in [2.05, 4.69) is 5.32 Å². The molecule has 0 saturated carbocycles. The minimum Gasteiger partial charge on any atom is -0.482 e. The Morgan fingerprint density at radius 2 is 2.12 bits per heavy atom. The number of amides is 2. The van der Waals surface area contributed by atoms with Crippen molar-refractivity contribution in [2.75, 3.05) is 18.1 Å². The van der Waals surface area contributed by atoms with Gasteiger partial charge in [-0.25, -0.2) is 4.79 Å². The third-order valence-electron chi connectivity index (χ3n) is 4.15. The van der Waals surface area contributed by atoms with Gasteiger partial charge in [-0.3, -0.25) is 14.5 Å². The maximum atomic E-state index is 12.3. The van der Waals surface area contributed by atoms with Gasteiger partial charge in [-0.1, -0.05) is 26.3 Å². The monoisotopic (exact) mass is 334 g/mol. The highest BCUT2D eigenvalue weighted by molar-refractivity contribution is 6.02. The first kappa shape index (κ1) is 17.8. The van der Waals surface area contributed by atoms with Crippen molar-refractivity contribution in [1.29, 1.82) is 0 Å². The highest BCUT2D eigenvalue weighted by atomic mass is 16.5. The number of carbonyl (C=O) groups is 3. The summed E-state index contributed by atoms with van der Waals surface area (Å²) in [4.78, 5) is 37.0. The molecule has 7 heteroatoms.